The van der Waals surface area contributed by atoms with E-state index < -0.39 is 33.9 Å². The maximum atomic E-state index is 12.6. The number of carbonyl (C=O) groups excluding carboxylic acids is 1. The first-order valence-electron chi connectivity index (χ1n) is 11.9. The predicted octanol–water partition coefficient (Wildman–Crippen LogP) is 5.55. The Morgan fingerprint density at radius 3 is 2.28 bits per heavy atom. The second-order valence-corrected chi connectivity index (χ2v) is 12.8. The molecule has 1 amide bonds. The number of nitrogens with zero attached hydrogens (tertiary/aromatic N) is 2. The quantitative estimate of drug-likeness (QED) is 0.333. The van der Waals surface area contributed by atoms with Crippen LogP contribution >= 0.6 is 11.3 Å². The van der Waals surface area contributed by atoms with Crippen LogP contribution in [-0.4, -0.2) is 33.5 Å². The average molecular weight is 538 g/mol. The van der Waals surface area contributed by atoms with Crippen molar-refractivity contribution in [3.8, 4) is 5.75 Å². The number of amides is 1. The normalized spacial score (nSPS) is 13.3. The summed E-state index contributed by atoms with van der Waals surface area (Å²) in [5, 5.41) is 5.45. The molecule has 2 aromatic rings. The van der Waals surface area contributed by atoms with Gasteiger partial charge in [-0.2, -0.15) is 4.91 Å². The van der Waals surface area contributed by atoms with E-state index in [4.69, 9.17) is 4.74 Å². The van der Waals surface area contributed by atoms with Gasteiger partial charge in [-0.15, -0.1) is 16.2 Å². The first kappa shape index (κ1) is 29.7. The van der Waals surface area contributed by atoms with Gasteiger partial charge in [0.2, 0.25) is 0 Å². The minimum atomic E-state index is -3.96. The molecule has 0 radical (unpaired) electrons. The number of ether oxygens (including phenoxy) is 1. The van der Waals surface area contributed by atoms with E-state index >= 15 is 0 Å². The van der Waals surface area contributed by atoms with Crippen LogP contribution in [0.2, 0.25) is 0 Å². The Hall–Kier alpha value is -2.50. The van der Waals surface area contributed by atoms with E-state index in [-0.39, 0.29) is 16.2 Å². The lowest BCUT2D eigenvalue weighted by atomic mass is 9.74. The van der Waals surface area contributed by atoms with Gasteiger partial charge in [0.25, 0.3) is 10.0 Å². The lowest BCUT2D eigenvalue weighted by molar-refractivity contribution is -0.116. The summed E-state index contributed by atoms with van der Waals surface area (Å²) in [6.45, 7) is 11.5. The molecule has 1 heterocycles. The van der Waals surface area contributed by atoms with Crippen molar-refractivity contribution in [2.75, 3.05) is 13.2 Å². The zero-order chi connectivity index (χ0) is 27.1. The van der Waals surface area contributed by atoms with Gasteiger partial charge in [0.1, 0.15) is 22.6 Å². The molecule has 0 spiro atoms. The van der Waals surface area contributed by atoms with Crippen LogP contribution in [0.4, 0.5) is 0 Å². The third-order valence-corrected chi connectivity index (χ3v) is 9.74. The largest absolute Gasteiger partial charge is 0.491 e. The molecule has 9 nitrogen and oxygen atoms in total. The van der Waals surface area contributed by atoms with Gasteiger partial charge in [-0.05, 0) is 54.0 Å². The molecule has 198 valence electrons. The van der Waals surface area contributed by atoms with Crippen molar-refractivity contribution in [3.05, 3.63) is 56.2 Å². The number of thiophene rings is 1. The number of sulfonamides is 1. The number of hydrogen-bond acceptors (Lipinski definition) is 8. The molecule has 0 aliphatic carbocycles. The van der Waals surface area contributed by atoms with Crippen molar-refractivity contribution in [1.82, 2.24) is 4.72 Å². The molecule has 0 saturated heterocycles. The summed E-state index contributed by atoms with van der Waals surface area (Å²) in [7, 11) is -3.96. The third kappa shape index (κ3) is 6.63. The molecule has 0 aliphatic rings. The Morgan fingerprint density at radius 1 is 1.08 bits per heavy atom. The lowest BCUT2D eigenvalue weighted by Crippen LogP contribution is -2.30. The van der Waals surface area contributed by atoms with Gasteiger partial charge in [0, 0.05) is 15.5 Å². The molecule has 0 saturated carbocycles. The maximum absolute atomic E-state index is 12.6. The van der Waals surface area contributed by atoms with Gasteiger partial charge in [-0.1, -0.05) is 58.9 Å². The molecule has 2 rings (SSSR count). The smallest absolute Gasteiger partial charge is 0.301 e. The fourth-order valence-corrected chi connectivity index (χ4v) is 6.71. The number of benzene rings is 1. The van der Waals surface area contributed by atoms with Crippen molar-refractivity contribution < 1.29 is 17.9 Å². The van der Waals surface area contributed by atoms with Crippen molar-refractivity contribution in [2.24, 2.45) is 15.8 Å². The lowest BCUT2D eigenvalue weighted by Gasteiger charge is -2.32. The van der Waals surface area contributed by atoms with E-state index in [1.54, 1.807) is 6.07 Å². The average Bonchev–Trinajstić information content (AvgIpc) is 3.35. The molecule has 1 unspecified atom stereocenters. The van der Waals surface area contributed by atoms with E-state index in [0.717, 1.165) is 40.2 Å². The van der Waals surface area contributed by atoms with Crippen molar-refractivity contribution in [2.45, 2.75) is 76.5 Å². The highest BCUT2D eigenvalue weighted by molar-refractivity contribution is 7.91. The van der Waals surface area contributed by atoms with Crippen LogP contribution in [0.15, 0.2) is 44.9 Å². The van der Waals surface area contributed by atoms with Crippen molar-refractivity contribution in [3.63, 3.8) is 0 Å². The minimum absolute atomic E-state index is 0.0627. The fraction of sp³-hybridized carbons (Fsp3) is 0.560. The van der Waals surface area contributed by atoms with Crippen LogP contribution in [-0.2, 0) is 26.7 Å². The first-order valence-corrected chi connectivity index (χ1v) is 14.2. The highest BCUT2D eigenvalue weighted by atomic mass is 32.2. The topological polar surface area (TPSA) is 131 Å². The Bertz CT molecular complexity index is 1180. The second-order valence-electron chi connectivity index (χ2n) is 9.69. The van der Waals surface area contributed by atoms with E-state index in [2.05, 4.69) is 35.0 Å². The van der Waals surface area contributed by atoms with E-state index in [9.17, 15) is 23.0 Å². The third-order valence-electron chi connectivity index (χ3n) is 6.56. The molecule has 11 heteroatoms. The highest BCUT2D eigenvalue weighted by Gasteiger charge is 2.34. The maximum Gasteiger partial charge on any atom is 0.301 e. The fourth-order valence-electron chi connectivity index (χ4n) is 4.03. The number of aryl methyl sites for hydroxylation is 1. The molecule has 0 aliphatic heterocycles. The molecule has 1 atom stereocenters. The molecule has 0 bridgehead atoms. The summed E-state index contributed by atoms with van der Waals surface area (Å²) >= 11 is 1.14. The van der Waals surface area contributed by atoms with Crippen LogP contribution in [0.1, 0.15) is 70.4 Å². The molecule has 0 fully saturated rings. The summed E-state index contributed by atoms with van der Waals surface area (Å²) in [4.78, 5) is 33.6. The standard InChI is InChI=1S/C25H35N3O6S2/c1-7-17-14-18(10-11-19(17)34-16-20(27-30)24(4,5)6)25(8-2,9-3)21-12-13-23(35-21)36(32,33)26-15-22(29)28-31/h10-14,20,26H,7-9,15-16H2,1-6H3. The number of nitrogens with one attached hydrogen (secondary N) is 1. The van der Waals surface area contributed by atoms with Crippen LogP contribution in [0.3, 0.4) is 0 Å². The van der Waals surface area contributed by atoms with Crippen molar-refractivity contribution in [1.29, 1.82) is 0 Å². The van der Waals surface area contributed by atoms with E-state index in [0.29, 0.717) is 12.2 Å². The Morgan fingerprint density at radius 2 is 1.75 bits per heavy atom. The molecular formula is C25H35N3O6S2. The van der Waals surface area contributed by atoms with Gasteiger partial charge in [0.15, 0.2) is 0 Å². The monoisotopic (exact) mass is 537 g/mol. The van der Waals surface area contributed by atoms with Gasteiger partial charge in [0.05, 0.1) is 6.54 Å². The Balaban J connectivity index is 2.40. The van der Waals surface area contributed by atoms with Gasteiger partial charge in [-0.3, -0.25) is 4.79 Å². The van der Waals surface area contributed by atoms with Crippen molar-refractivity contribution >= 4 is 27.3 Å². The van der Waals surface area contributed by atoms with Crippen LogP contribution in [0.5, 0.6) is 5.75 Å². The summed E-state index contributed by atoms with van der Waals surface area (Å²) in [5.41, 5.74) is 1.29. The zero-order valence-corrected chi connectivity index (χ0v) is 23.3. The van der Waals surface area contributed by atoms with Gasteiger partial charge in [-0.25, -0.2) is 13.1 Å². The van der Waals surface area contributed by atoms with Crippen LogP contribution in [0, 0.1) is 15.2 Å². The van der Waals surface area contributed by atoms with E-state index in [1.807, 2.05) is 39.8 Å². The Kier molecular flexibility index (Phi) is 10.0. The molecule has 36 heavy (non-hydrogen) atoms. The summed E-state index contributed by atoms with van der Waals surface area (Å²) < 4.78 is 33.5. The zero-order valence-electron chi connectivity index (χ0n) is 21.7. The number of nitroso groups, excluding NO2 is 2. The Labute approximate surface area is 217 Å². The van der Waals surface area contributed by atoms with Crippen LogP contribution in [0.25, 0.3) is 0 Å². The predicted molar refractivity (Wildman–Crippen MR) is 142 cm³/mol. The number of rotatable bonds is 13. The second kappa shape index (κ2) is 12.2. The van der Waals surface area contributed by atoms with Gasteiger partial charge < -0.3 is 4.74 Å². The summed E-state index contributed by atoms with van der Waals surface area (Å²) in [6, 6.07) is 8.81. The minimum Gasteiger partial charge on any atom is -0.491 e. The SMILES string of the molecule is CCc1cc(C(CC)(CC)c2ccc(S(=O)(=O)NCC(=O)N=O)s2)ccc1OCC(N=O)C(C)(C)C. The number of hydrogen-bond donors (Lipinski definition) is 1. The molecule has 1 N–H and O–H groups in total. The first-order chi connectivity index (χ1) is 16.9. The molecular weight excluding hydrogens is 502 g/mol. The summed E-state index contributed by atoms with van der Waals surface area (Å²) in [6.07, 6.45) is 2.18. The molecule has 1 aromatic carbocycles. The van der Waals surface area contributed by atoms with Gasteiger partial charge >= 0.3 is 5.91 Å². The number of carbonyl (C=O) groups is 1. The highest BCUT2D eigenvalue weighted by Crippen LogP contribution is 2.44. The summed E-state index contributed by atoms with van der Waals surface area (Å²) in [5.74, 6) is -0.383. The van der Waals surface area contributed by atoms with E-state index in [1.165, 1.54) is 6.07 Å². The van der Waals surface area contributed by atoms with Crippen LogP contribution < -0.4 is 9.46 Å². The molecule has 1 aromatic heterocycles.